The summed E-state index contributed by atoms with van der Waals surface area (Å²) in [5, 5.41) is 4.31. The van der Waals surface area contributed by atoms with Gasteiger partial charge in [0.15, 0.2) is 0 Å². The molecule has 1 aromatic heterocycles. The minimum absolute atomic E-state index is 0.0188. The first-order valence-corrected chi connectivity index (χ1v) is 9.08. The fourth-order valence-corrected chi connectivity index (χ4v) is 3.20. The van der Waals surface area contributed by atoms with Crippen LogP contribution in [0.2, 0.25) is 0 Å². The monoisotopic (exact) mass is 349 g/mol. The van der Waals surface area contributed by atoms with Crippen molar-refractivity contribution in [3.8, 4) is 0 Å². The Labute approximate surface area is 155 Å². The standard InChI is InChI=1S/C22H27N3O/c1-15(2)22(26)24-13-19(16-9-11-17(12-10-16)25(3)4)20-14-23-21-8-6-5-7-18(20)21/h5-12,14-15,19,23H,13H2,1-4H3,(H,24,26). The van der Waals surface area contributed by atoms with Crippen molar-refractivity contribution >= 4 is 22.5 Å². The number of aromatic nitrogens is 1. The number of nitrogens with zero attached hydrogens (tertiary/aromatic N) is 1. The summed E-state index contributed by atoms with van der Waals surface area (Å²) in [5.41, 5.74) is 4.69. The number of amides is 1. The van der Waals surface area contributed by atoms with Gasteiger partial charge < -0.3 is 15.2 Å². The lowest BCUT2D eigenvalue weighted by Gasteiger charge is -2.20. The smallest absolute Gasteiger partial charge is 0.222 e. The molecule has 3 rings (SSSR count). The van der Waals surface area contributed by atoms with Gasteiger partial charge in [-0.05, 0) is 29.3 Å². The number of para-hydroxylation sites is 1. The summed E-state index contributed by atoms with van der Waals surface area (Å²) >= 11 is 0. The predicted octanol–water partition coefficient (Wildman–Crippen LogP) is 4.14. The molecule has 1 unspecified atom stereocenters. The van der Waals surface area contributed by atoms with Gasteiger partial charge in [-0.25, -0.2) is 0 Å². The van der Waals surface area contributed by atoms with Crippen molar-refractivity contribution in [1.29, 1.82) is 0 Å². The fourth-order valence-electron chi connectivity index (χ4n) is 3.20. The number of aromatic amines is 1. The first-order chi connectivity index (χ1) is 12.5. The normalized spacial score (nSPS) is 12.3. The second-order valence-corrected chi connectivity index (χ2v) is 7.23. The van der Waals surface area contributed by atoms with Crippen LogP contribution in [0, 0.1) is 5.92 Å². The molecule has 4 nitrogen and oxygen atoms in total. The van der Waals surface area contributed by atoms with Gasteiger partial charge in [-0.15, -0.1) is 0 Å². The third-order valence-electron chi connectivity index (χ3n) is 4.81. The molecular formula is C22H27N3O. The average molecular weight is 349 g/mol. The number of H-pyrrole nitrogens is 1. The SMILES string of the molecule is CC(C)C(=O)NCC(c1ccc(N(C)C)cc1)c1c[nH]c2ccccc12. The molecule has 3 aromatic rings. The maximum Gasteiger partial charge on any atom is 0.222 e. The van der Waals surface area contributed by atoms with Crippen LogP contribution >= 0.6 is 0 Å². The highest BCUT2D eigenvalue weighted by Crippen LogP contribution is 2.31. The van der Waals surface area contributed by atoms with Crippen molar-refractivity contribution < 1.29 is 4.79 Å². The summed E-state index contributed by atoms with van der Waals surface area (Å²) < 4.78 is 0. The highest BCUT2D eigenvalue weighted by molar-refractivity contribution is 5.84. The molecule has 0 saturated carbocycles. The second kappa shape index (κ2) is 7.65. The molecule has 2 N–H and O–H groups in total. The van der Waals surface area contributed by atoms with Crippen molar-refractivity contribution in [3.63, 3.8) is 0 Å². The summed E-state index contributed by atoms with van der Waals surface area (Å²) in [5.74, 6) is 0.166. The minimum atomic E-state index is -0.0188. The number of nitrogens with one attached hydrogen (secondary N) is 2. The number of carbonyl (C=O) groups is 1. The number of fused-ring (bicyclic) bond motifs is 1. The summed E-state index contributed by atoms with van der Waals surface area (Å²) in [6, 6.07) is 16.9. The van der Waals surface area contributed by atoms with Crippen LogP contribution in [0.1, 0.15) is 30.9 Å². The van der Waals surface area contributed by atoms with E-state index in [9.17, 15) is 4.79 Å². The van der Waals surface area contributed by atoms with E-state index >= 15 is 0 Å². The van der Waals surface area contributed by atoms with Gasteiger partial charge in [0, 0.05) is 55.3 Å². The molecule has 2 aromatic carbocycles. The number of hydrogen-bond donors (Lipinski definition) is 2. The van der Waals surface area contributed by atoms with Gasteiger partial charge >= 0.3 is 0 Å². The van der Waals surface area contributed by atoms with Crippen molar-refractivity contribution in [2.75, 3.05) is 25.5 Å². The van der Waals surface area contributed by atoms with Crippen LogP contribution in [-0.4, -0.2) is 31.5 Å². The molecule has 0 aliphatic carbocycles. The van der Waals surface area contributed by atoms with Gasteiger partial charge in [0.25, 0.3) is 0 Å². The van der Waals surface area contributed by atoms with Crippen LogP contribution in [0.3, 0.4) is 0 Å². The topological polar surface area (TPSA) is 48.1 Å². The highest BCUT2D eigenvalue weighted by atomic mass is 16.1. The molecule has 0 bridgehead atoms. The second-order valence-electron chi connectivity index (χ2n) is 7.23. The highest BCUT2D eigenvalue weighted by Gasteiger charge is 2.20. The molecule has 26 heavy (non-hydrogen) atoms. The maximum absolute atomic E-state index is 12.1. The van der Waals surface area contributed by atoms with E-state index in [1.165, 1.54) is 16.5 Å². The lowest BCUT2D eigenvalue weighted by molar-refractivity contribution is -0.124. The van der Waals surface area contributed by atoms with Crippen LogP contribution in [-0.2, 0) is 4.79 Å². The lowest BCUT2D eigenvalue weighted by Crippen LogP contribution is -2.32. The van der Waals surface area contributed by atoms with E-state index in [0.29, 0.717) is 6.54 Å². The molecule has 0 aliphatic heterocycles. The third-order valence-corrected chi connectivity index (χ3v) is 4.81. The zero-order valence-electron chi connectivity index (χ0n) is 15.9. The first kappa shape index (κ1) is 18.1. The molecule has 4 heteroatoms. The molecule has 0 aliphatic rings. The molecule has 136 valence electrons. The van der Waals surface area contributed by atoms with Crippen LogP contribution < -0.4 is 10.2 Å². The Kier molecular flexibility index (Phi) is 5.31. The Morgan fingerprint density at radius 3 is 2.42 bits per heavy atom. The van der Waals surface area contributed by atoms with Crippen LogP contribution in [0.15, 0.2) is 54.7 Å². The van der Waals surface area contributed by atoms with Crippen LogP contribution in [0.5, 0.6) is 0 Å². The Morgan fingerprint density at radius 1 is 1.08 bits per heavy atom. The van der Waals surface area contributed by atoms with E-state index in [1.807, 2.05) is 34.0 Å². The Bertz CT molecular complexity index is 878. The summed E-state index contributed by atoms with van der Waals surface area (Å²) in [4.78, 5) is 17.6. The van der Waals surface area contributed by atoms with Gasteiger partial charge in [-0.2, -0.15) is 0 Å². The molecular weight excluding hydrogens is 322 g/mol. The minimum Gasteiger partial charge on any atom is -0.378 e. The molecule has 0 saturated heterocycles. The average Bonchev–Trinajstić information content (AvgIpc) is 3.06. The number of carbonyl (C=O) groups excluding carboxylic acids is 1. The van der Waals surface area contributed by atoms with E-state index in [4.69, 9.17) is 0 Å². The van der Waals surface area contributed by atoms with Crippen LogP contribution in [0.25, 0.3) is 10.9 Å². The fraction of sp³-hybridized carbons (Fsp3) is 0.318. The van der Waals surface area contributed by atoms with Gasteiger partial charge in [-0.3, -0.25) is 4.79 Å². The van der Waals surface area contributed by atoms with E-state index in [0.717, 1.165) is 11.2 Å². The Morgan fingerprint density at radius 2 is 1.77 bits per heavy atom. The van der Waals surface area contributed by atoms with Gasteiger partial charge in [0.1, 0.15) is 0 Å². The quantitative estimate of drug-likeness (QED) is 0.703. The van der Waals surface area contributed by atoms with Crippen molar-refractivity contribution in [2.24, 2.45) is 5.92 Å². The van der Waals surface area contributed by atoms with Gasteiger partial charge in [0.05, 0.1) is 0 Å². The van der Waals surface area contributed by atoms with Crippen molar-refractivity contribution in [2.45, 2.75) is 19.8 Å². The number of hydrogen-bond acceptors (Lipinski definition) is 2. The number of benzene rings is 2. The van der Waals surface area contributed by atoms with Crippen LogP contribution in [0.4, 0.5) is 5.69 Å². The Balaban J connectivity index is 1.97. The third kappa shape index (κ3) is 3.74. The van der Waals surface area contributed by atoms with Crippen molar-refractivity contribution in [3.05, 3.63) is 65.9 Å². The summed E-state index contributed by atoms with van der Waals surface area (Å²) in [6.45, 7) is 4.42. The summed E-state index contributed by atoms with van der Waals surface area (Å²) in [6.07, 6.45) is 2.07. The number of anilines is 1. The predicted molar refractivity (Wildman–Crippen MR) is 109 cm³/mol. The molecule has 1 heterocycles. The van der Waals surface area contributed by atoms with E-state index < -0.39 is 0 Å². The molecule has 1 atom stereocenters. The van der Waals surface area contributed by atoms with E-state index in [-0.39, 0.29) is 17.7 Å². The van der Waals surface area contributed by atoms with Gasteiger partial charge in [-0.1, -0.05) is 44.2 Å². The first-order valence-electron chi connectivity index (χ1n) is 9.08. The molecule has 0 radical (unpaired) electrons. The lowest BCUT2D eigenvalue weighted by atomic mass is 9.90. The molecule has 1 amide bonds. The molecule has 0 spiro atoms. The van der Waals surface area contributed by atoms with E-state index in [1.54, 1.807) is 0 Å². The number of rotatable bonds is 6. The van der Waals surface area contributed by atoms with Gasteiger partial charge in [0.2, 0.25) is 5.91 Å². The zero-order valence-corrected chi connectivity index (χ0v) is 15.9. The zero-order chi connectivity index (χ0) is 18.7. The maximum atomic E-state index is 12.1. The summed E-state index contributed by atoms with van der Waals surface area (Å²) in [7, 11) is 4.07. The van der Waals surface area contributed by atoms with Crippen molar-refractivity contribution in [1.82, 2.24) is 10.3 Å². The molecule has 0 fully saturated rings. The largest absolute Gasteiger partial charge is 0.378 e. The Hall–Kier alpha value is -2.75. The van der Waals surface area contributed by atoms with E-state index in [2.05, 4.69) is 63.9 Å².